The number of hydrogen-bond donors (Lipinski definition) is 1. The fourth-order valence-electron chi connectivity index (χ4n) is 1.75. The zero-order valence-corrected chi connectivity index (χ0v) is 11.8. The van der Waals surface area contributed by atoms with Crippen LogP contribution in [0.4, 0.5) is 0 Å². The van der Waals surface area contributed by atoms with Crippen LogP contribution in [0.1, 0.15) is 32.1 Å². The van der Waals surface area contributed by atoms with E-state index in [1.54, 1.807) is 0 Å². The highest BCUT2D eigenvalue weighted by Gasteiger charge is 2.08. The molecule has 0 unspecified atom stereocenters. The van der Waals surface area contributed by atoms with Crippen molar-refractivity contribution in [3.8, 4) is 17.2 Å². The van der Waals surface area contributed by atoms with E-state index in [2.05, 4.69) is 17.1 Å². The van der Waals surface area contributed by atoms with Crippen LogP contribution >= 0.6 is 0 Å². The highest BCUT2D eigenvalue weighted by atomic mass is 16.5. The predicted molar refractivity (Wildman–Crippen MR) is 77.5 cm³/mol. The Hall–Kier alpha value is -1.88. The van der Waals surface area contributed by atoms with Gasteiger partial charge in [-0.15, -0.1) is 10.2 Å². The Labute approximate surface area is 119 Å². The van der Waals surface area contributed by atoms with Crippen LogP contribution in [0.5, 0.6) is 5.75 Å². The first kappa shape index (κ1) is 14.5. The molecule has 0 fully saturated rings. The topological polar surface area (TPSA) is 74.2 Å². The van der Waals surface area contributed by atoms with Gasteiger partial charge in [0.2, 0.25) is 11.8 Å². The van der Waals surface area contributed by atoms with Crippen molar-refractivity contribution in [1.29, 1.82) is 0 Å². The molecule has 0 aliphatic carbocycles. The number of aryl methyl sites for hydroxylation is 1. The number of nitrogens with zero attached hydrogens (tertiary/aromatic N) is 2. The van der Waals surface area contributed by atoms with Gasteiger partial charge in [0.05, 0.1) is 6.61 Å². The molecule has 0 amide bonds. The van der Waals surface area contributed by atoms with E-state index in [0.29, 0.717) is 18.3 Å². The first-order valence-electron chi connectivity index (χ1n) is 7.09. The Morgan fingerprint density at radius 3 is 2.65 bits per heavy atom. The molecule has 0 radical (unpaired) electrons. The highest BCUT2D eigenvalue weighted by molar-refractivity contribution is 5.53. The summed E-state index contributed by atoms with van der Waals surface area (Å²) >= 11 is 0. The standard InChI is InChI=1S/C15H21N3O2/c1-2-3-11-19-13-8-6-12(7-9-13)15-18-17-14(20-15)5-4-10-16/h6-9H,2-5,10-11,16H2,1H3. The largest absolute Gasteiger partial charge is 0.494 e. The normalized spacial score (nSPS) is 10.7. The van der Waals surface area contributed by atoms with Gasteiger partial charge >= 0.3 is 0 Å². The van der Waals surface area contributed by atoms with Gasteiger partial charge in [-0.3, -0.25) is 0 Å². The van der Waals surface area contributed by atoms with Crippen molar-refractivity contribution in [1.82, 2.24) is 10.2 Å². The lowest BCUT2D eigenvalue weighted by molar-refractivity contribution is 0.309. The third-order valence-electron chi connectivity index (χ3n) is 2.93. The molecule has 2 N–H and O–H groups in total. The fourth-order valence-corrected chi connectivity index (χ4v) is 1.75. The van der Waals surface area contributed by atoms with E-state index in [4.69, 9.17) is 14.9 Å². The van der Waals surface area contributed by atoms with Gasteiger partial charge in [-0.05, 0) is 43.7 Å². The maximum atomic E-state index is 5.62. The van der Waals surface area contributed by atoms with Crippen molar-refractivity contribution in [2.45, 2.75) is 32.6 Å². The minimum absolute atomic E-state index is 0.539. The van der Waals surface area contributed by atoms with Crippen LogP contribution in [0.3, 0.4) is 0 Å². The smallest absolute Gasteiger partial charge is 0.247 e. The number of nitrogens with two attached hydrogens (primary N) is 1. The number of hydrogen-bond acceptors (Lipinski definition) is 5. The van der Waals surface area contributed by atoms with E-state index in [-0.39, 0.29) is 0 Å². The molecule has 1 aromatic heterocycles. The van der Waals surface area contributed by atoms with E-state index < -0.39 is 0 Å². The maximum Gasteiger partial charge on any atom is 0.247 e. The summed E-state index contributed by atoms with van der Waals surface area (Å²) in [6.45, 7) is 3.52. The number of ether oxygens (including phenoxy) is 1. The molecule has 20 heavy (non-hydrogen) atoms. The summed E-state index contributed by atoms with van der Waals surface area (Å²) < 4.78 is 11.2. The van der Waals surface area contributed by atoms with Crippen molar-refractivity contribution in [3.05, 3.63) is 30.2 Å². The molecule has 0 bridgehead atoms. The number of unbranched alkanes of at least 4 members (excludes halogenated alkanes) is 1. The van der Waals surface area contributed by atoms with Crippen LogP contribution in [0, 0.1) is 0 Å². The van der Waals surface area contributed by atoms with Gasteiger partial charge in [-0.2, -0.15) is 0 Å². The molecule has 0 saturated heterocycles. The van der Waals surface area contributed by atoms with Gasteiger partial charge in [0.25, 0.3) is 0 Å². The first-order valence-corrected chi connectivity index (χ1v) is 7.09. The quantitative estimate of drug-likeness (QED) is 0.750. The van der Waals surface area contributed by atoms with Gasteiger partial charge in [-0.25, -0.2) is 0 Å². The molecule has 1 heterocycles. The Bertz CT molecular complexity index is 508. The molecular weight excluding hydrogens is 254 g/mol. The Kier molecular flexibility index (Phi) is 5.55. The van der Waals surface area contributed by atoms with Gasteiger partial charge in [0, 0.05) is 12.0 Å². The van der Waals surface area contributed by atoms with Gasteiger partial charge < -0.3 is 14.9 Å². The van der Waals surface area contributed by atoms with E-state index in [0.717, 1.165) is 43.6 Å². The Morgan fingerprint density at radius 1 is 1.15 bits per heavy atom. The molecule has 0 aliphatic rings. The molecule has 0 atom stereocenters. The lowest BCUT2D eigenvalue weighted by atomic mass is 10.2. The van der Waals surface area contributed by atoms with Crippen LogP contribution in [0.2, 0.25) is 0 Å². The third kappa shape index (κ3) is 4.06. The lowest BCUT2D eigenvalue weighted by Crippen LogP contribution is -2.00. The molecule has 2 aromatic rings. The van der Waals surface area contributed by atoms with Crippen LogP contribution in [0.25, 0.3) is 11.5 Å². The molecule has 108 valence electrons. The second-order valence-corrected chi connectivity index (χ2v) is 4.62. The molecule has 1 aromatic carbocycles. The van der Waals surface area contributed by atoms with Crippen molar-refractivity contribution in [2.75, 3.05) is 13.2 Å². The fraction of sp³-hybridized carbons (Fsp3) is 0.467. The first-order chi connectivity index (χ1) is 9.83. The summed E-state index contributed by atoms with van der Waals surface area (Å²) in [5, 5.41) is 8.06. The van der Waals surface area contributed by atoms with Gasteiger partial charge in [-0.1, -0.05) is 13.3 Å². The molecule has 0 saturated carbocycles. The SMILES string of the molecule is CCCCOc1ccc(-c2nnc(CCCN)o2)cc1. The molecule has 0 aliphatic heterocycles. The Balaban J connectivity index is 1.96. The van der Waals surface area contributed by atoms with E-state index in [1.807, 2.05) is 24.3 Å². The summed E-state index contributed by atoms with van der Waals surface area (Å²) in [5.41, 5.74) is 6.36. The summed E-state index contributed by atoms with van der Waals surface area (Å²) in [7, 11) is 0. The van der Waals surface area contributed by atoms with Crippen LogP contribution in [-0.4, -0.2) is 23.3 Å². The van der Waals surface area contributed by atoms with Crippen LogP contribution in [-0.2, 0) is 6.42 Å². The van der Waals surface area contributed by atoms with E-state index in [1.165, 1.54) is 0 Å². The highest BCUT2D eigenvalue weighted by Crippen LogP contribution is 2.21. The monoisotopic (exact) mass is 275 g/mol. The molecule has 0 spiro atoms. The summed E-state index contributed by atoms with van der Waals surface area (Å²) in [6.07, 6.45) is 3.77. The second-order valence-electron chi connectivity index (χ2n) is 4.62. The van der Waals surface area contributed by atoms with Crippen LogP contribution in [0.15, 0.2) is 28.7 Å². The average molecular weight is 275 g/mol. The minimum Gasteiger partial charge on any atom is -0.494 e. The second kappa shape index (κ2) is 7.65. The number of rotatable bonds is 8. The van der Waals surface area contributed by atoms with Gasteiger partial charge in [0.1, 0.15) is 5.75 Å². The van der Waals surface area contributed by atoms with Crippen LogP contribution < -0.4 is 10.5 Å². The zero-order valence-electron chi connectivity index (χ0n) is 11.8. The summed E-state index contributed by atoms with van der Waals surface area (Å²) in [5.74, 6) is 2.04. The lowest BCUT2D eigenvalue weighted by Gasteiger charge is -2.05. The van der Waals surface area contributed by atoms with Crippen molar-refractivity contribution in [3.63, 3.8) is 0 Å². The third-order valence-corrected chi connectivity index (χ3v) is 2.93. The van der Waals surface area contributed by atoms with E-state index in [9.17, 15) is 0 Å². The predicted octanol–water partition coefficient (Wildman–Crippen LogP) is 2.81. The van der Waals surface area contributed by atoms with Gasteiger partial charge in [0.15, 0.2) is 0 Å². The Morgan fingerprint density at radius 2 is 1.95 bits per heavy atom. The summed E-state index contributed by atoms with van der Waals surface area (Å²) in [4.78, 5) is 0. The molecule has 5 heteroatoms. The number of aromatic nitrogens is 2. The average Bonchev–Trinajstić information content (AvgIpc) is 2.95. The maximum absolute atomic E-state index is 5.62. The van der Waals surface area contributed by atoms with Crippen molar-refractivity contribution < 1.29 is 9.15 Å². The minimum atomic E-state index is 0.539. The number of benzene rings is 1. The molecule has 5 nitrogen and oxygen atoms in total. The molecule has 2 rings (SSSR count). The van der Waals surface area contributed by atoms with Crippen molar-refractivity contribution >= 4 is 0 Å². The van der Waals surface area contributed by atoms with Crippen molar-refractivity contribution in [2.24, 2.45) is 5.73 Å². The molecular formula is C15H21N3O2. The van der Waals surface area contributed by atoms with E-state index >= 15 is 0 Å². The zero-order chi connectivity index (χ0) is 14.2. The summed E-state index contributed by atoms with van der Waals surface area (Å²) in [6, 6.07) is 7.71.